The van der Waals surface area contributed by atoms with E-state index in [4.69, 9.17) is 0 Å². The third-order valence-electron chi connectivity index (χ3n) is 4.17. The molecule has 7 nitrogen and oxygen atoms in total. The van der Waals surface area contributed by atoms with Crippen LogP contribution >= 0.6 is 11.3 Å². The van der Waals surface area contributed by atoms with Gasteiger partial charge in [-0.15, -0.1) is 11.3 Å². The zero-order valence-corrected chi connectivity index (χ0v) is 17.6. The van der Waals surface area contributed by atoms with Gasteiger partial charge in [-0.3, -0.25) is 19.6 Å². The van der Waals surface area contributed by atoms with Crippen molar-refractivity contribution in [3.8, 4) is 11.3 Å². The molecule has 2 amide bonds. The van der Waals surface area contributed by atoms with Gasteiger partial charge in [0.25, 0.3) is 5.91 Å². The van der Waals surface area contributed by atoms with Gasteiger partial charge in [0, 0.05) is 36.0 Å². The predicted octanol–water partition coefficient (Wildman–Crippen LogP) is 4.19. The first-order valence-electron chi connectivity index (χ1n) is 8.93. The number of carbonyl (C=O) groups excluding carboxylic acids is 2. The average molecular weight is 415 g/mol. The van der Waals surface area contributed by atoms with E-state index in [2.05, 4.69) is 20.7 Å². The number of anilines is 2. The Morgan fingerprint density at radius 1 is 1.17 bits per heavy atom. The standard InChI is InChI=1S/C20H22FN5O2S/c1-11(27)22-12-6-7-13(14(21)8-12)15-10-29-19(23-15)24-18(28)16-9-17(20(2,3)4)25-26(16)5/h6-10H,1-5H3,(H,22,27)(H,23,24,28). The van der Waals surface area contributed by atoms with Gasteiger partial charge in [0.1, 0.15) is 11.5 Å². The molecule has 29 heavy (non-hydrogen) atoms. The van der Waals surface area contributed by atoms with Crippen LogP contribution in [0.3, 0.4) is 0 Å². The van der Waals surface area contributed by atoms with Gasteiger partial charge in [0.05, 0.1) is 11.4 Å². The smallest absolute Gasteiger partial charge is 0.275 e. The Hall–Kier alpha value is -3.07. The van der Waals surface area contributed by atoms with E-state index >= 15 is 0 Å². The first-order chi connectivity index (χ1) is 13.5. The largest absolute Gasteiger partial charge is 0.326 e. The van der Waals surface area contributed by atoms with E-state index in [1.807, 2.05) is 20.8 Å². The molecule has 0 saturated carbocycles. The Bertz CT molecular complexity index is 1080. The van der Waals surface area contributed by atoms with Gasteiger partial charge in [0.15, 0.2) is 5.13 Å². The number of aryl methyl sites for hydroxylation is 1. The minimum absolute atomic E-state index is 0.175. The van der Waals surface area contributed by atoms with Crippen LogP contribution in [-0.4, -0.2) is 26.6 Å². The monoisotopic (exact) mass is 415 g/mol. The quantitative estimate of drug-likeness (QED) is 0.669. The second kappa shape index (κ2) is 7.75. The number of rotatable bonds is 4. The molecular formula is C20H22FN5O2S. The maximum absolute atomic E-state index is 14.4. The van der Waals surface area contributed by atoms with Crippen LogP contribution in [0.15, 0.2) is 29.6 Å². The second-order valence-electron chi connectivity index (χ2n) is 7.66. The SMILES string of the molecule is CC(=O)Nc1ccc(-c2csc(NC(=O)c3cc(C(C)(C)C)nn3C)n2)c(F)c1. The van der Waals surface area contributed by atoms with Crippen LogP contribution in [0.5, 0.6) is 0 Å². The molecule has 9 heteroatoms. The maximum atomic E-state index is 14.4. The van der Waals surface area contributed by atoms with Gasteiger partial charge in [0.2, 0.25) is 5.91 Å². The molecule has 0 aliphatic rings. The lowest BCUT2D eigenvalue weighted by atomic mass is 9.92. The van der Waals surface area contributed by atoms with Crippen molar-refractivity contribution < 1.29 is 14.0 Å². The zero-order valence-electron chi connectivity index (χ0n) is 16.8. The second-order valence-corrected chi connectivity index (χ2v) is 8.51. The van der Waals surface area contributed by atoms with Gasteiger partial charge in [-0.1, -0.05) is 20.8 Å². The van der Waals surface area contributed by atoms with Gasteiger partial charge in [-0.05, 0) is 24.3 Å². The lowest BCUT2D eigenvalue weighted by molar-refractivity contribution is -0.114. The van der Waals surface area contributed by atoms with E-state index in [0.717, 1.165) is 5.69 Å². The fourth-order valence-corrected chi connectivity index (χ4v) is 3.37. The molecule has 1 aromatic carbocycles. The lowest BCUT2D eigenvalue weighted by Crippen LogP contribution is -2.15. The molecule has 2 heterocycles. The Labute approximate surface area is 172 Å². The third kappa shape index (κ3) is 4.68. The van der Waals surface area contributed by atoms with Crippen LogP contribution < -0.4 is 10.6 Å². The minimum atomic E-state index is -0.513. The number of benzene rings is 1. The van der Waals surface area contributed by atoms with Crippen LogP contribution in [0, 0.1) is 5.82 Å². The minimum Gasteiger partial charge on any atom is -0.326 e. The molecule has 0 aliphatic carbocycles. The molecular weight excluding hydrogens is 393 g/mol. The fraction of sp³-hybridized carbons (Fsp3) is 0.300. The van der Waals surface area contributed by atoms with Crippen molar-refractivity contribution >= 4 is 34.0 Å². The van der Waals surface area contributed by atoms with Crippen molar-refractivity contribution in [2.45, 2.75) is 33.1 Å². The topological polar surface area (TPSA) is 88.9 Å². The van der Waals surface area contributed by atoms with E-state index in [9.17, 15) is 14.0 Å². The summed E-state index contributed by atoms with van der Waals surface area (Å²) in [5.74, 6) is -1.13. The summed E-state index contributed by atoms with van der Waals surface area (Å²) in [6, 6.07) is 6.13. The number of thiazole rings is 1. The Kier molecular flexibility index (Phi) is 5.52. The van der Waals surface area contributed by atoms with E-state index in [-0.39, 0.29) is 22.8 Å². The number of halogens is 1. The average Bonchev–Trinajstić information content (AvgIpc) is 3.20. The summed E-state index contributed by atoms with van der Waals surface area (Å²) in [5, 5.41) is 11.7. The molecule has 0 fully saturated rings. The summed E-state index contributed by atoms with van der Waals surface area (Å²) in [6.07, 6.45) is 0. The van der Waals surface area contributed by atoms with E-state index in [0.29, 0.717) is 22.2 Å². The maximum Gasteiger partial charge on any atom is 0.275 e. The first kappa shape index (κ1) is 20.7. The Balaban J connectivity index is 1.78. The van der Waals surface area contributed by atoms with Crippen molar-refractivity contribution in [1.29, 1.82) is 0 Å². The summed E-state index contributed by atoms with van der Waals surface area (Å²) >= 11 is 1.20. The van der Waals surface area contributed by atoms with Crippen LogP contribution in [0.4, 0.5) is 15.2 Å². The molecule has 0 radical (unpaired) electrons. The number of nitrogens with one attached hydrogen (secondary N) is 2. The number of hydrogen-bond donors (Lipinski definition) is 2. The van der Waals surface area contributed by atoms with Crippen LogP contribution in [0.1, 0.15) is 43.9 Å². The summed E-state index contributed by atoms with van der Waals surface area (Å²) in [7, 11) is 1.71. The van der Waals surface area contributed by atoms with Gasteiger partial charge < -0.3 is 5.32 Å². The van der Waals surface area contributed by atoms with Crippen LogP contribution in [-0.2, 0) is 17.3 Å². The number of nitrogens with zero attached hydrogens (tertiary/aromatic N) is 3. The summed E-state index contributed by atoms with van der Waals surface area (Å²) in [6.45, 7) is 7.43. The van der Waals surface area contributed by atoms with E-state index in [1.165, 1.54) is 35.1 Å². The molecule has 0 bridgehead atoms. The number of aromatic nitrogens is 3. The first-order valence-corrected chi connectivity index (χ1v) is 9.81. The molecule has 152 valence electrons. The van der Waals surface area contributed by atoms with Gasteiger partial charge in [-0.2, -0.15) is 5.10 Å². The van der Waals surface area contributed by atoms with Crippen molar-refractivity contribution in [1.82, 2.24) is 14.8 Å². The van der Waals surface area contributed by atoms with Gasteiger partial charge in [-0.25, -0.2) is 9.37 Å². The molecule has 0 aliphatic heterocycles. The molecule has 2 N–H and O–H groups in total. The Morgan fingerprint density at radius 3 is 2.48 bits per heavy atom. The molecule has 0 saturated heterocycles. The lowest BCUT2D eigenvalue weighted by Gasteiger charge is -2.13. The van der Waals surface area contributed by atoms with Crippen molar-refractivity contribution in [3.05, 3.63) is 46.9 Å². The molecule has 3 aromatic rings. The van der Waals surface area contributed by atoms with E-state index in [1.54, 1.807) is 24.6 Å². The molecule has 0 spiro atoms. The number of amides is 2. The highest BCUT2D eigenvalue weighted by Gasteiger charge is 2.22. The molecule has 0 atom stereocenters. The summed E-state index contributed by atoms with van der Waals surface area (Å²) in [5.41, 5.74) is 2.10. The summed E-state index contributed by atoms with van der Waals surface area (Å²) in [4.78, 5) is 28.0. The molecule has 3 rings (SSSR count). The third-order valence-corrected chi connectivity index (χ3v) is 4.93. The number of hydrogen-bond acceptors (Lipinski definition) is 5. The Morgan fingerprint density at radius 2 is 1.90 bits per heavy atom. The van der Waals surface area contributed by atoms with Crippen molar-refractivity contribution in [2.24, 2.45) is 7.05 Å². The van der Waals surface area contributed by atoms with Crippen LogP contribution in [0.25, 0.3) is 11.3 Å². The van der Waals surface area contributed by atoms with Crippen molar-refractivity contribution in [3.63, 3.8) is 0 Å². The zero-order chi connectivity index (χ0) is 21.3. The number of carbonyl (C=O) groups is 2. The van der Waals surface area contributed by atoms with Gasteiger partial charge >= 0.3 is 0 Å². The summed E-state index contributed by atoms with van der Waals surface area (Å²) < 4.78 is 15.9. The molecule has 2 aromatic heterocycles. The normalized spacial score (nSPS) is 11.4. The fourth-order valence-electron chi connectivity index (χ4n) is 2.67. The highest BCUT2D eigenvalue weighted by molar-refractivity contribution is 7.14. The highest BCUT2D eigenvalue weighted by Crippen LogP contribution is 2.29. The van der Waals surface area contributed by atoms with Crippen molar-refractivity contribution in [2.75, 3.05) is 10.6 Å². The van der Waals surface area contributed by atoms with Crippen LogP contribution in [0.2, 0.25) is 0 Å². The predicted molar refractivity (Wildman–Crippen MR) is 112 cm³/mol. The molecule has 0 unspecified atom stereocenters. The van der Waals surface area contributed by atoms with E-state index < -0.39 is 5.82 Å². The highest BCUT2D eigenvalue weighted by atomic mass is 32.1.